The van der Waals surface area contributed by atoms with Gasteiger partial charge in [-0.15, -0.1) is 11.3 Å². The van der Waals surface area contributed by atoms with E-state index in [1.807, 2.05) is 23.6 Å². The van der Waals surface area contributed by atoms with Gasteiger partial charge in [-0.05, 0) is 37.5 Å². The van der Waals surface area contributed by atoms with E-state index in [9.17, 15) is 4.79 Å². The molecule has 1 aliphatic rings. The van der Waals surface area contributed by atoms with Crippen LogP contribution in [0.1, 0.15) is 24.8 Å². The zero-order valence-electron chi connectivity index (χ0n) is 14.0. The van der Waals surface area contributed by atoms with Crippen LogP contribution in [-0.2, 0) is 11.2 Å². The Labute approximate surface area is 151 Å². The Balaban J connectivity index is 1.75. The van der Waals surface area contributed by atoms with E-state index in [2.05, 4.69) is 28.5 Å². The fourth-order valence-electron chi connectivity index (χ4n) is 2.86. The Kier molecular flexibility index (Phi) is 5.46. The molecule has 1 aliphatic carbocycles. The minimum absolute atomic E-state index is 0.0283. The van der Waals surface area contributed by atoms with Crippen LogP contribution < -0.4 is 10.1 Å². The number of methoxy groups -OCH3 is 1. The molecule has 128 valence electrons. The molecule has 2 aromatic rings. The minimum atomic E-state index is 0.0283. The molecule has 1 heterocycles. The van der Waals surface area contributed by atoms with E-state index in [0.717, 1.165) is 36.1 Å². The maximum atomic E-state index is 12.3. The average Bonchev–Trinajstić information content (AvgIpc) is 3.11. The molecule has 0 unspecified atom stereocenters. The fourth-order valence-corrected chi connectivity index (χ4v) is 3.59. The molecule has 1 aromatic carbocycles. The Morgan fingerprint density at radius 2 is 2.36 bits per heavy atom. The van der Waals surface area contributed by atoms with Crippen LogP contribution in [0.4, 0.5) is 5.13 Å². The molecule has 25 heavy (non-hydrogen) atoms. The molecule has 3 rings (SSSR count). The van der Waals surface area contributed by atoms with Crippen molar-refractivity contribution in [2.45, 2.75) is 25.7 Å². The third kappa shape index (κ3) is 4.06. The maximum absolute atomic E-state index is 12.3. The van der Waals surface area contributed by atoms with Crippen molar-refractivity contribution in [1.82, 2.24) is 4.98 Å². The number of aromatic nitrogens is 1. The Bertz CT molecular complexity index is 835. The smallest absolute Gasteiger partial charge is 0.229 e. The topological polar surface area (TPSA) is 75.0 Å². The predicted octanol–water partition coefficient (Wildman–Crippen LogP) is 4.18. The van der Waals surface area contributed by atoms with Crippen molar-refractivity contribution in [1.29, 1.82) is 5.26 Å². The molecule has 0 aliphatic heterocycles. The number of hydrogen-bond acceptors (Lipinski definition) is 5. The van der Waals surface area contributed by atoms with Gasteiger partial charge in [0.1, 0.15) is 5.75 Å². The van der Waals surface area contributed by atoms with E-state index in [4.69, 9.17) is 10.00 Å². The summed E-state index contributed by atoms with van der Waals surface area (Å²) in [4.78, 5) is 16.8. The largest absolute Gasteiger partial charge is 0.496 e. The summed E-state index contributed by atoms with van der Waals surface area (Å²) in [6.07, 6.45) is 7.09. The molecule has 5 nitrogen and oxygen atoms in total. The van der Waals surface area contributed by atoms with Gasteiger partial charge in [0.05, 0.1) is 25.3 Å². The van der Waals surface area contributed by atoms with Crippen LogP contribution in [0.5, 0.6) is 5.75 Å². The van der Waals surface area contributed by atoms with Gasteiger partial charge in [-0.3, -0.25) is 4.79 Å². The molecule has 6 heteroatoms. The second kappa shape index (κ2) is 7.95. The summed E-state index contributed by atoms with van der Waals surface area (Å²) in [5.74, 6) is 0.755. The van der Waals surface area contributed by atoms with Crippen LogP contribution in [0.25, 0.3) is 11.3 Å². The standard InChI is InChI=1S/C19H19N3O2S/c1-24-17-8-7-14(11-15(17)9-10-20)16-12-25-19(21-16)22-18(23)13-5-3-2-4-6-13/h2-3,7-8,11-13H,4-6,9H2,1H3,(H,21,22,23)/t13-/m1/s1. The third-order valence-corrected chi connectivity index (χ3v) is 4.98. The highest BCUT2D eigenvalue weighted by Gasteiger charge is 2.20. The minimum Gasteiger partial charge on any atom is -0.496 e. The molecule has 0 fully saturated rings. The van der Waals surface area contributed by atoms with Crippen LogP contribution in [0.3, 0.4) is 0 Å². The summed E-state index contributed by atoms with van der Waals surface area (Å²) in [5, 5.41) is 14.4. The van der Waals surface area contributed by atoms with Crippen molar-refractivity contribution in [3.63, 3.8) is 0 Å². The molecule has 0 saturated carbocycles. The first-order valence-electron chi connectivity index (χ1n) is 8.17. The first-order valence-corrected chi connectivity index (χ1v) is 9.05. The van der Waals surface area contributed by atoms with Crippen molar-refractivity contribution in [3.8, 4) is 23.1 Å². The lowest BCUT2D eigenvalue weighted by atomic mass is 9.94. The van der Waals surface area contributed by atoms with E-state index in [-0.39, 0.29) is 18.2 Å². The van der Waals surface area contributed by atoms with Crippen molar-refractivity contribution in [2.24, 2.45) is 5.92 Å². The lowest BCUT2D eigenvalue weighted by Gasteiger charge is -2.15. The molecule has 1 N–H and O–H groups in total. The summed E-state index contributed by atoms with van der Waals surface area (Å²) in [6.45, 7) is 0. The van der Waals surface area contributed by atoms with Crippen molar-refractivity contribution >= 4 is 22.4 Å². The number of rotatable bonds is 5. The number of nitrogens with one attached hydrogen (secondary N) is 1. The van der Waals surface area contributed by atoms with Crippen molar-refractivity contribution in [2.75, 3.05) is 12.4 Å². The molecule has 1 aromatic heterocycles. The maximum Gasteiger partial charge on any atom is 0.229 e. The number of thiazole rings is 1. The van der Waals surface area contributed by atoms with Gasteiger partial charge < -0.3 is 10.1 Å². The summed E-state index contributed by atoms with van der Waals surface area (Å²) in [6, 6.07) is 7.81. The van der Waals surface area contributed by atoms with E-state index in [1.165, 1.54) is 11.3 Å². The van der Waals surface area contributed by atoms with Gasteiger partial charge in [0.25, 0.3) is 0 Å². The molecule has 1 atom stereocenters. The van der Waals surface area contributed by atoms with Gasteiger partial charge in [-0.25, -0.2) is 4.98 Å². The van der Waals surface area contributed by atoms with Gasteiger partial charge in [0, 0.05) is 22.4 Å². The van der Waals surface area contributed by atoms with Gasteiger partial charge in [-0.1, -0.05) is 12.2 Å². The predicted molar refractivity (Wildman–Crippen MR) is 98.5 cm³/mol. The van der Waals surface area contributed by atoms with Gasteiger partial charge >= 0.3 is 0 Å². The van der Waals surface area contributed by atoms with Crippen LogP contribution >= 0.6 is 11.3 Å². The molecule has 1 amide bonds. The summed E-state index contributed by atoms with van der Waals surface area (Å²) in [5.41, 5.74) is 2.52. The average molecular weight is 353 g/mol. The van der Waals surface area contributed by atoms with E-state index < -0.39 is 0 Å². The number of nitriles is 1. The zero-order valence-corrected chi connectivity index (χ0v) is 14.8. The van der Waals surface area contributed by atoms with Gasteiger partial charge in [0.15, 0.2) is 5.13 Å². The number of anilines is 1. The normalized spacial score (nSPS) is 16.2. The quantitative estimate of drug-likeness (QED) is 0.818. The molecular weight excluding hydrogens is 334 g/mol. The second-order valence-corrected chi connectivity index (χ2v) is 6.73. The van der Waals surface area contributed by atoms with E-state index >= 15 is 0 Å². The highest BCUT2D eigenvalue weighted by Crippen LogP contribution is 2.30. The van der Waals surface area contributed by atoms with Crippen molar-refractivity contribution in [3.05, 3.63) is 41.3 Å². The third-order valence-electron chi connectivity index (χ3n) is 4.22. The number of ether oxygens (including phenoxy) is 1. The Morgan fingerprint density at radius 1 is 1.48 bits per heavy atom. The van der Waals surface area contributed by atoms with Gasteiger partial charge in [0.2, 0.25) is 5.91 Å². The van der Waals surface area contributed by atoms with Crippen LogP contribution in [0, 0.1) is 17.2 Å². The number of amides is 1. The number of carbonyl (C=O) groups excluding carboxylic acids is 1. The molecule has 0 radical (unpaired) electrons. The monoisotopic (exact) mass is 353 g/mol. The number of nitrogens with zero attached hydrogens (tertiary/aromatic N) is 2. The Hall–Kier alpha value is -2.65. The van der Waals surface area contributed by atoms with Crippen molar-refractivity contribution < 1.29 is 9.53 Å². The van der Waals surface area contributed by atoms with Crippen LogP contribution in [0.15, 0.2) is 35.7 Å². The zero-order chi connectivity index (χ0) is 17.6. The highest BCUT2D eigenvalue weighted by molar-refractivity contribution is 7.14. The number of benzene rings is 1. The Morgan fingerprint density at radius 3 is 3.08 bits per heavy atom. The lowest BCUT2D eigenvalue weighted by molar-refractivity contribution is -0.120. The summed E-state index contributed by atoms with van der Waals surface area (Å²) < 4.78 is 5.28. The van der Waals surface area contributed by atoms with Gasteiger partial charge in [-0.2, -0.15) is 5.26 Å². The fraction of sp³-hybridized carbons (Fsp3) is 0.316. The van der Waals surface area contributed by atoms with Crippen LogP contribution in [0.2, 0.25) is 0 Å². The first kappa shape index (κ1) is 17.2. The summed E-state index contributed by atoms with van der Waals surface area (Å²) in [7, 11) is 1.59. The highest BCUT2D eigenvalue weighted by atomic mass is 32.1. The molecule has 0 bridgehead atoms. The van der Waals surface area contributed by atoms with Crippen LogP contribution in [-0.4, -0.2) is 18.0 Å². The van der Waals surface area contributed by atoms with E-state index in [0.29, 0.717) is 10.9 Å². The summed E-state index contributed by atoms with van der Waals surface area (Å²) >= 11 is 1.41. The lowest BCUT2D eigenvalue weighted by Crippen LogP contribution is -2.23. The molecule has 0 spiro atoms. The molecular formula is C19H19N3O2S. The first-order chi connectivity index (χ1) is 12.2. The number of carbonyl (C=O) groups is 1. The number of hydrogen-bond donors (Lipinski definition) is 1. The second-order valence-electron chi connectivity index (χ2n) is 5.87. The SMILES string of the molecule is COc1ccc(-c2csc(NC(=O)[C@@H]3CC=CCC3)n2)cc1CC#N. The van der Waals surface area contributed by atoms with E-state index in [1.54, 1.807) is 7.11 Å². The molecule has 0 saturated heterocycles. The number of allylic oxidation sites excluding steroid dienone is 2.